The van der Waals surface area contributed by atoms with E-state index >= 15 is 0 Å². The second-order valence-electron chi connectivity index (χ2n) is 5.73. The Bertz CT molecular complexity index is 741. The van der Waals surface area contributed by atoms with Crippen molar-refractivity contribution in [3.05, 3.63) is 40.4 Å². The summed E-state index contributed by atoms with van der Waals surface area (Å²) in [7, 11) is 0. The van der Waals surface area contributed by atoms with Gasteiger partial charge in [-0.05, 0) is 29.5 Å². The number of amides is 1. The Balaban J connectivity index is 1.66. The number of likely N-dealkylation sites (tertiary alicyclic amines) is 1. The Morgan fingerprint density at radius 2 is 2.09 bits per heavy atom. The third-order valence-corrected chi connectivity index (χ3v) is 4.98. The highest BCUT2D eigenvalue weighted by atomic mass is 32.1. The summed E-state index contributed by atoms with van der Waals surface area (Å²) < 4.78 is 39.9. The van der Waals surface area contributed by atoms with Gasteiger partial charge in [-0.25, -0.2) is 13.8 Å². The van der Waals surface area contributed by atoms with Gasteiger partial charge in [0, 0.05) is 16.6 Å². The molecule has 0 atom stereocenters. The van der Waals surface area contributed by atoms with E-state index in [4.69, 9.17) is 0 Å². The molecule has 3 rings (SSSR count). The zero-order valence-corrected chi connectivity index (χ0v) is 13.3. The molecule has 2 aromatic rings. The SMILES string of the molecule is CCC1(F)CN(C(=O)Cc2cc(-c3cnc(F)c(F)c3)cs2)C1. The van der Waals surface area contributed by atoms with E-state index in [0.717, 1.165) is 10.9 Å². The molecule has 23 heavy (non-hydrogen) atoms. The average Bonchev–Trinajstić information content (AvgIpc) is 2.95. The van der Waals surface area contributed by atoms with E-state index in [1.807, 2.05) is 0 Å². The maximum atomic E-state index is 13.8. The Morgan fingerprint density at radius 1 is 1.35 bits per heavy atom. The topological polar surface area (TPSA) is 33.2 Å². The number of alkyl halides is 1. The van der Waals surface area contributed by atoms with Gasteiger partial charge < -0.3 is 4.90 Å². The molecule has 0 bridgehead atoms. The van der Waals surface area contributed by atoms with Gasteiger partial charge in [-0.1, -0.05) is 6.92 Å². The Morgan fingerprint density at radius 3 is 2.74 bits per heavy atom. The third-order valence-electron chi connectivity index (χ3n) is 4.04. The van der Waals surface area contributed by atoms with Crippen molar-refractivity contribution in [1.29, 1.82) is 0 Å². The van der Waals surface area contributed by atoms with E-state index in [9.17, 15) is 18.0 Å². The molecule has 0 saturated carbocycles. The zero-order valence-electron chi connectivity index (χ0n) is 12.5. The highest BCUT2D eigenvalue weighted by Gasteiger charge is 2.43. The van der Waals surface area contributed by atoms with Crippen LogP contribution in [0.15, 0.2) is 23.7 Å². The van der Waals surface area contributed by atoms with Crippen molar-refractivity contribution in [3.63, 3.8) is 0 Å². The van der Waals surface area contributed by atoms with Crippen LogP contribution in [-0.4, -0.2) is 34.5 Å². The first-order chi connectivity index (χ1) is 10.9. The van der Waals surface area contributed by atoms with Gasteiger partial charge in [-0.3, -0.25) is 4.79 Å². The number of carbonyl (C=O) groups excluding carboxylic acids is 1. The average molecular weight is 340 g/mol. The summed E-state index contributed by atoms with van der Waals surface area (Å²) in [6.45, 7) is 2.06. The number of hydrogen-bond donors (Lipinski definition) is 0. The molecular formula is C16H15F3N2OS. The molecule has 3 nitrogen and oxygen atoms in total. The van der Waals surface area contributed by atoms with E-state index in [0.29, 0.717) is 17.5 Å². The molecule has 1 saturated heterocycles. The van der Waals surface area contributed by atoms with Crippen molar-refractivity contribution in [3.8, 4) is 11.1 Å². The highest BCUT2D eigenvalue weighted by Crippen LogP contribution is 2.30. The molecule has 3 heterocycles. The molecule has 0 unspecified atom stereocenters. The molecule has 0 aromatic carbocycles. The summed E-state index contributed by atoms with van der Waals surface area (Å²) in [6.07, 6.45) is 1.84. The van der Waals surface area contributed by atoms with Crippen LogP contribution in [0.4, 0.5) is 13.2 Å². The van der Waals surface area contributed by atoms with Gasteiger partial charge in [0.05, 0.1) is 19.5 Å². The van der Waals surface area contributed by atoms with Crippen LogP contribution in [0.1, 0.15) is 18.2 Å². The number of pyridine rings is 1. The van der Waals surface area contributed by atoms with Gasteiger partial charge in [0.1, 0.15) is 5.67 Å². The molecule has 2 aromatic heterocycles. The first-order valence-corrected chi connectivity index (χ1v) is 8.14. The number of aromatic nitrogens is 1. The minimum absolute atomic E-state index is 0.122. The van der Waals surface area contributed by atoms with Gasteiger partial charge in [0.25, 0.3) is 0 Å². The van der Waals surface area contributed by atoms with Gasteiger partial charge >= 0.3 is 0 Å². The quantitative estimate of drug-likeness (QED) is 0.797. The van der Waals surface area contributed by atoms with Crippen LogP contribution in [0.3, 0.4) is 0 Å². The van der Waals surface area contributed by atoms with Gasteiger partial charge in [0.2, 0.25) is 11.9 Å². The molecule has 0 spiro atoms. The lowest BCUT2D eigenvalue weighted by Gasteiger charge is -2.44. The summed E-state index contributed by atoms with van der Waals surface area (Å²) in [5.41, 5.74) is -0.106. The zero-order chi connectivity index (χ0) is 16.6. The number of rotatable bonds is 4. The van der Waals surface area contributed by atoms with Gasteiger partial charge in [-0.15, -0.1) is 11.3 Å². The monoisotopic (exact) mass is 340 g/mol. The van der Waals surface area contributed by atoms with E-state index in [1.54, 1.807) is 18.4 Å². The van der Waals surface area contributed by atoms with Crippen molar-refractivity contribution < 1.29 is 18.0 Å². The Labute approximate surface area is 135 Å². The predicted octanol–water partition coefficient (Wildman–Crippen LogP) is 3.59. The van der Waals surface area contributed by atoms with E-state index in [-0.39, 0.29) is 25.4 Å². The highest BCUT2D eigenvalue weighted by molar-refractivity contribution is 7.10. The van der Waals surface area contributed by atoms with Crippen molar-refractivity contribution in [2.24, 2.45) is 0 Å². The molecule has 1 amide bonds. The van der Waals surface area contributed by atoms with Crippen molar-refractivity contribution in [1.82, 2.24) is 9.88 Å². The Hall–Kier alpha value is -1.89. The fraction of sp³-hybridized carbons (Fsp3) is 0.375. The Kier molecular flexibility index (Phi) is 4.14. The summed E-state index contributed by atoms with van der Waals surface area (Å²) >= 11 is 1.36. The largest absolute Gasteiger partial charge is 0.336 e. The van der Waals surface area contributed by atoms with E-state index in [1.165, 1.54) is 22.4 Å². The number of hydrogen-bond acceptors (Lipinski definition) is 3. The smallest absolute Gasteiger partial charge is 0.248 e. The minimum Gasteiger partial charge on any atom is -0.336 e. The second kappa shape index (κ2) is 5.96. The molecule has 0 aliphatic carbocycles. The summed E-state index contributed by atoms with van der Waals surface area (Å²) in [5, 5.41) is 1.76. The molecule has 0 radical (unpaired) electrons. The summed E-state index contributed by atoms with van der Waals surface area (Å²) in [4.78, 5) is 17.7. The maximum absolute atomic E-state index is 13.8. The number of halogens is 3. The lowest BCUT2D eigenvalue weighted by atomic mass is 9.93. The molecule has 122 valence electrons. The second-order valence-corrected chi connectivity index (χ2v) is 6.73. The summed E-state index contributed by atoms with van der Waals surface area (Å²) in [5.74, 6) is -2.27. The van der Waals surface area contributed by atoms with E-state index < -0.39 is 17.4 Å². The molecule has 7 heteroatoms. The lowest BCUT2D eigenvalue weighted by molar-refractivity contribution is -0.144. The molecule has 1 fully saturated rings. The molecule has 1 aliphatic rings. The fourth-order valence-electron chi connectivity index (χ4n) is 2.50. The first-order valence-electron chi connectivity index (χ1n) is 7.26. The number of thiophene rings is 1. The van der Waals surface area contributed by atoms with Crippen molar-refractivity contribution in [2.75, 3.05) is 13.1 Å². The van der Waals surface area contributed by atoms with Crippen LogP contribution in [-0.2, 0) is 11.2 Å². The standard InChI is InChI=1S/C16H15F3N2OS/c1-2-16(19)8-21(9-16)14(22)5-12-3-11(7-23-12)10-4-13(17)15(18)20-6-10/h3-4,6-7H,2,5,8-9H2,1H3. The normalized spacial score (nSPS) is 16.3. The fourth-order valence-corrected chi connectivity index (χ4v) is 3.39. The first kappa shape index (κ1) is 16.0. The van der Waals surface area contributed by atoms with Crippen LogP contribution < -0.4 is 0 Å². The third kappa shape index (κ3) is 3.24. The van der Waals surface area contributed by atoms with Crippen LogP contribution >= 0.6 is 11.3 Å². The number of carbonyl (C=O) groups is 1. The lowest BCUT2D eigenvalue weighted by Crippen LogP contribution is -2.60. The number of nitrogens with zero attached hydrogens (tertiary/aromatic N) is 2. The summed E-state index contributed by atoms with van der Waals surface area (Å²) in [6, 6.07) is 2.82. The van der Waals surface area contributed by atoms with Crippen LogP contribution in [0.2, 0.25) is 0 Å². The minimum atomic E-state index is -1.24. The van der Waals surface area contributed by atoms with Crippen LogP contribution in [0.5, 0.6) is 0 Å². The van der Waals surface area contributed by atoms with E-state index in [2.05, 4.69) is 4.98 Å². The maximum Gasteiger partial charge on any atom is 0.248 e. The van der Waals surface area contributed by atoms with Crippen molar-refractivity contribution >= 4 is 17.2 Å². The molecule has 1 aliphatic heterocycles. The predicted molar refractivity (Wildman–Crippen MR) is 81.9 cm³/mol. The van der Waals surface area contributed by atoms with Gasteiger partial charge in [0.15, 0.2) is 5.82 Å². The van der Waals surface area contributed by atoms with Gasteiger partial charge in [-0.2, -0.15) is 4.39 Å². The van der Waals surface area contributed by atoms with Crippen molar-refractivity contribution in [2.45, 2.75) is 25.4 Å². The molecular weight excluding hydrogens is 325 g/mol. The van der Waals surface area contributed by atoms with Crippen LogP contribution in [0, 0.1) is 11.8 Å². The van der Waals surface area contributed by atoms with Crippen LogP contribution in [0.25, 0.3) is 11.1 Å². The molecule has 0 N–H and O–H groups in total.